The van der Waals surface area contributed by atoms with Gasteiger partial charge in [0.05, 0.1) is 0 Å². The van der Waals surface area contributed by atoms with Crippen LogP contribution in [0.2, 0.25) is 5.02 Å². The number of rotatable bonds is 5. The number of nitrogens with one attached hydrogen (secondary N) is 1. The average molecular weight is 374 g/mol. The summed E-state index contributed by atoms with van der Waals surface area (Å²) in [6.07, 6.45) is 1.49. The number of aliphatic carboxylic acids is 1. The molecular formula is C17H12ClN3O3S. The van der Waals surface area contributed by atoms with Crippen LogP contribution < -0.4 is 0 Å². The van der Waals surface area contributed by atoms with Gasteiger partial charge in [0.25, 0.3) is 0 Å². The molecule has 0 amide bonds. The molecule has 0 aliphatic heterocycles. The molecule has 3 rings (SSSR count). The molecule has 0 fully saturated rings. The van der Waals surface area contributed by atoms with E-state index in [0.717, 1.165) is 17.3 Å². The van der Waals surface area contributed by atoms with Gasteiger partial charge in [0.15, 0.2) is 5.82 Å². The average Bonchev–Trinajstić information content (AvgIpc) is 3.05. The number of carbonyl (C=O) groups is 1. The molecule has 0 atom stereocenters. The molecule has 0 spiro atoms. The summed E-state index contributed by atoms with van der Waals surface area (Å²) in [4.78, 5) is 15.8. The standard InChI is InChI=1S/C17H12ClN3O3S/c18-12-5-3-11(4-6-12)15-19-17(21-20-15)25-14(16(23)24)9-10-1-7-13(22)8-2-10/h1-9,22H,(H,23,24)(H,19,20,21)/b14-9-. The Bertz CT molecular complexity index is 921. The summed E-state index contributed by atoms with van der Waals surface area (Å²) in [6.45, 7) is 0. The van der Waals surface area contributed by atoms with Gasteiger partial charge in [-0.15, -0.1) is 5.10 Å². The SMILES string of the molecule is O=C(O)/C(=C/c1ccc(O)cc1)Sc1n[nH]c(-c2ccc(Cl)cc2)n1. The number of hydrogen-bond donors (Lipinski definition) is 3. The highest BCUT2D eigenvalue weighted by Crippen LogP contribution is 2.28. The summed E-state index contributed by atoms with van der Waals surface area (Å²) in [5, 5.41) is 26.4. The van der Waals surface area contributed by atoms with E-state index in [2.05, 4.69) is 15.2 Å². The van der Waals surface area contributed by atoms with Crippen molar-refractivity contribution in [3.63, 3.8) is 0 Å². The van der Waals surface area contributed by atoms with Crippen LogP contribution in [0.1, 0.15) is 5.56 Å². The number of benzene rings is 2. The summed E-state index contributed by atoms with van der Waals surface area (Å²) < 4.78 is 0. The highest BCUT2D eigenvalue weighted by molar-refractivity contribution is 8.04. The van der Waals surface area contributed by atoms with Crippen LogP contribution in [-0.2, 0) is 4.79 Å². The topological polar surface area (TPSA) is 99.1 Å². The van der Waals surface area contributed by atoms with E-state index in [1.54, 1.807) is 36.4 Å². The lowest BCUT2D eigenvalue weighted by atomic mass is 10.2. The third-order valence-corrected chi connectivity index (χ3v) is 4.31. The molecule has 3 aromatic rings. The zero-order valence-corrected chi connectivity index (χ0v) is 14.3. The first-order valence-electron chi connectivity index (χ1n) is 7.11. The van der Waals surface area contributed by atoms with Crippen molar-refractivity contribution in [1.29, 1.82) is 0 Å². The smallest absolute Gasteiger partial charge is 0.342 e. The zero-order valence-electron chi connectivity index (χ0n) is 12.7. The van der Waals surface area contributed by atoms with E-state index in [1.807, 2.05) is 0 Å². The van der Waals surface area contributed by atoms with Gasteiger partial charge in [-0.25, -0.2) is 9.78 Å². The van der Waals surface area contributed by atoms with Crippen molar-refractivity contribution < 1.29 is 15.0 Å². The van der Waals surface area contributed by atoms with Crippen molar-refractivity contribution in [2.45, 2.75) is 5.16 Å². The van der Waals surface area contributed by atoms with Crippen LogP contribution >= 0.6 is 23.4 Å². The van der Waals surface area contributed by atoms with Gasteiger partial charge < -0.3 is 10.2 Å². The zero-order chi connectivity index (χ0) is 17.8. The molecule has 0 saturated carbocycles. The summed E-state index contributed by atoms with van der Waals surface area (Å²) in [5.74, 6) is -0.451. The lowest BCUT2D eigenvalue weighted by Gasteiger charge is -2.00. The highest BCUT2D eigenvalue weighted by atomic mass is 35.5. The number of hydrogen-bond acceptors (Lipinski definition) is 5. The molecule has 0 unspecified atom stereocenters. The van der Waals surface area contributed by atoms with Crippen LogP contribution in [0.4, 0.5) is 0 Å². The Balaban J connectivity index is 1.82. The Morgan fingerprint density at radius 2 is 1.80 bits per heavy atom. The molecule has 1 aromatic heterocycles. The van der Waals surface area contributed by atoms with Crippen LogP contribution in [-0.4, -0.2) is 31.4 Å². The number of nitrogens with zero attached hydrogens (tertiary/aromatic N) is 2. The number of phenolic OH excluding ortho intramolecular Hbond substituents is 1. The molecular weight excluding hydrogens is 362 g/mol. The lowest BCUT2D eigenvalue weighted by molar-refractivity contribution is -0.131. The maximum Gasteiger partial charge on any atom is 0.342 e. The first kappa shape index (κ1) is 17.1. The van der Waals surface area contributed by atoms with E-state index in [9.17, 15) is 15.0 Å². The van der Waals surface area contributed by atoms with E-state index in [0.29, 0.717) is 16.4 Å². The van der Waals surface area contributed by atoms with Crippen LogP contribution in [0.5, 0.6) is 5.75 Å². The molecule has 2 aromatic carbocycles. The van der Waals surface area contributed by atoms with Gasteiger partial charge in [0.2, 0.25) is 5.16 Å². The fourth-order valence-corrected chi connectivity index (χ4v) is 2.82. The first-order valence-corrected chi connectivity index (χ1v) is 8.31. The summed E-state index contributed by atoms with van der Waals surface area (Å²) >= 11 is 6.79. The third kappa shape index (κ3) is 4.40. The number of aromatic amines is 1. The third-order valence-electron chi connectivity index (χ3n) is 3.19. The molecule has 0 radical (unpaired) electrons. The van der Waals surface area contributed by atoms with E-state index in [-0.39, 0.29) is 15.8 Å². The Labute approximate surface area is 152 Å². The van der Waals surface area contributed by atoms with Crippen LogP contribution in [0.15, 0.2) is 58.6 Å². The number of aromatic hydroxyl groups is 1. The van der Waals surface area contributed by atoms with Crippen molar-refractivity contribution >= 4 is 35.4 Å². The Morgan fingerprint density at radius 3 is 2.44 bits per heavy atom. The summed E-state index contributed by atoms with van der Waals surface area (Å²) in [6, 6.07) is 13.3. The monoisotopic (exact) mass is 373 g/mol. The summed E-state index contributed by atoms with van der Waals surface area (Å²) in [5.41, 5.74) is 1.44. The largest absolute Gasteiger partial charge is 0.508 e. The van der Waals surface area contributed by atoms with E-state index in [1.165, 1.54) is 18.2 Å². The molecule has 1 heterocycles. The lowest BCUT2D eigenvalue weighted by Crippen LogP contribution is -1.97. The molecule has 0 aliphatic rings. The Kier molecular flexibility index (Phi) is 5.06. The van der Waals surface area contributed by atoms with Crippen LogP contribution in [0, 0.1) is 0 Å². The number of phenols is 1. The molecule has 0 saturated heterocycles. The minimum atomic E-state index is -1.09. The second-order valence-corrected chi connectivity index (χ2v) is 6.43. The maximum absolute atomic E-state index is 11.5. The molecule has 8 heteroatoms. The number of aromatic nitrogens is 3. The van der Waals surface area contributed by atoms with Crippen molar-refractivity contribution in [2.24, 2.45) is 0 Å². The number of halogens is 1. The number of H-pyrrole nitrogens is 1. The van der Waals surface area contributed by atoms with E-state index in [4.69, 9.17) is 11.6 Å². The Morgan fingerprint density at radius 1 is 1.12 bits per heavy atom. The van der Waals surface area contributed by atoms with Gasteiger partial charge in [-0.2, -0.15) is 0 Å². The minimum absolute atomic E-state index is 0.0624. The molecule has 0 aliphatic carbocycles. The second-order valence-electron chi connectivity index (χ2n) is 4.98. The molecule has 3 N–H and O–H groups in total. The van der Waals surface area contributed by atoms with Gasteiger partial charge in [-0.1, -0.05) is 23.7 Å². The quantitative estimate of drug-likeness (QED) is 0.461. The van der Waals surface area contributed by atoms with E-state index < -0.39 is 5.97 Å². The number of carboxylic acids is 1. The molecule has 126 valence electrons. The predicted octanol–water partition coefficient (Wildman–Crippen LogP) is 4.05. The predicted molar refractivity (Wildman–Crippen MR) is 96.4 cm³/mol. The molecule has 6 nitrogen and oxygen atoms in total. The molecule has 0 bridgehead atoms. The maximum atomic E-state index is 11.5. The van der Waals surface area contributed by atoms with Crippen molar-refractivity contribution in [2.75, 3.05) is 0 Å². The fraction of sp³-hybridized carbons (Fsp3) is 0. The van der Waals surface area contributed by atoms with Crippen molar-refractivity contribution in [3.05, 3.63) is 64.0 Å². The van der Waals surface area contributed by atoms with Gasteiger partial charge in [-0.05, 0) is 59.8 Å². The minimum Gasteiger partial charge on any atom is -0.508 e. The van der Waals surface area contributed by atoms with E-state index >= 15 is 0 Å². The molecule has 25 heavy (non-hydrogen) atoms. The first-order chi connectivity index (χ1) is 12.0. The normalized spacial score (nSPS) is 11.5. The number of thioether (sulfide) groups is 1. The van der Waals surface area contributed by atoms with Gasteiger partial charge in [0.1, 0.15) is 10.7 Å². The van der Waals surface area contributed by atoms with Gasteiger partial charge in [0, 0.05) is 10.6 Å². The van der Waals surface area contributed by atoms with Crippen molar-refractivity contribution in [1.82, 2.24) is 15.2 Å². The van der Waals surface area contributed by atoms with Crippen LogP contribution in [0.25, 0.3) is 17.5 Å². The second kappa shape index (κ2) is 7.42. The highest BCUT2D eigenvalue weighted by Gasteiger charge is 2.14. The Hall–Kier alpha value is -2.77. The van der Waals surface area contributed by atoms with Crippen LogP contribution in [0.3, 0.4) is 0 Å². The van der Waals surface area contributed by atoms with Crippen molar-refractivity contribution in [3.8, 4) is 17.1 Å². The van der Waals surface area contributed by atoms with Gasteiger partial charge in [-0.3, -0.25) is 5.10 Å². The number of carboxylic acid groups (broad SMARTS) is 1. The van der Waals surface area contributed by atoms with Gasteiger partial charge >= 0.3 is 5.97 Å². The summed E-state index contributed by atoms with van der Waals surface area (Å²) in [7, 11) is 0. The fourth-order valence-electron chi connectivity index (χ4n) is 1.98.